The van der Waals surface area contributed by atoms with Crippen molar-refractivity contribution in [1.82, 2.24) is 0 Å². The van der Waals surface area contributed by atoms with Crippen LogP contribution in [0, 0.1) is 33.5 Å². The molecule has 5 unspecified atom stereocenters. The highest BCUT2D eigenvalue weighted by Gasteiger charge is 2.94. The molecule has 116 valence electrons. The molecule has 2 fully saturated rings. The summed E-state index contributed by atoms with van der Waals surface area (Å²) in [6.07, 6.45) is -0.224. The molecular weight excluding hydrogens is 316 g/mol. The maximum absolute atomic E-state index is 9.96. The van der Waals surface area contributed by atoms with Crippen LogP contribution in [0.5, 0.6) is 0 Å². The summed E-state index contributed by atoms with van der Waals surface area (Å²) in [6, 6.07) is 11.5. The zero-order valence-corrected chi connectivity index (χ0v) is 13.0. The van der Waals surface area contributed by atoms with Gasteiger partial charge in [0.15, 0.2) is 5.41 Å². The molecule has 4 rings (SSSR count). The van der Waals surface area contributed by atoms with E-state index in [1.165, 1.54) is 0 Å². The first-order chi connectivity index (χ1) is 11.0. The molecule has 0 aromatic heterocycles. The molecule has 0 radical (unpaired) electrons. The summed E-state index contributed by atoms with van der Waals surface area (Å²) in [7, 11) is 0. The Balaban J connectivity index is 1.91. The third kappa shape index (κ3) is 1.38. The molecule has 1 saturated heterocycles. The number of hydrogen-bond acceptors (Lipinski definition) is 6. The average Bonchev–Trinajstić information content (AvgIpc) is 2.92. The maximum Gasteiger partial charge on any atom is 0.293 e. The number of nitriles is 2. The Labute approximate surface area is 138 Å². The number of benzene rings is 1. The first-order valence-corrected chi connectivity index (χ1v) is 7.61. The third-order valence-electron chi connectivity index (χ3n) is 5.01. The Bertz CT molecular complexity index is 811. The third-order valence-corrected chi connectivity index (χ3v) is 5.26. The number of aliphatic imine (C=N–C) groups is 1. The van der Waals surface area contributed by atoms with Crippen LogP contribution in [-0.2, 0) is 9.47 Å². The highest BCUT2D eigenvalue weighted by Crippen LogP contribution is 2.82. The molecule has 1 saturated carbocycles. The van der Waals surface area contributed by atoms with Gasteiger partial charge in [0.05, 0.1) is 24.8 Å². The summed E-state index contributed by atoms with van der Waals surface area (Å²) in [5, 5.41) is 20.4. The molecule has 6 nitrogen and oxygen atoms in total. The Morgan fingerprint density at radius 1 is 1.30 bits per heavy atom. The number of rotatable bonds is 1. The Morgan fingerprint density at radius 2 is 2.00 bits per heavy atom. The zero-order valence-electron chi connectivity index (χ0n) is 12.3. The van der Waals surface area contributed by atoms with E-state index in [1.807, 2.05) is 6.92 Å². The fraction of sp³-hybridized carbons (Fsp3) is 0.438. The standard InChI is InChI=1S/C16H13ClN4O2/c1-9-6-22-16(23-9)15(8-19)12(10-2-4-11(17)5-3-10)14(15,7-18)13(20)21-16/h2-5,9,12H,6H2,1H3,(H2,20,21). The number of amidine groups is 1. The van der Waals surface area contributed by atoms with E-state index < -0.39 is 22.7 Å². The highest BCUT2D eigenvalue weighted by molar-refractivity contribution is 6.30. The highest BCUT2D eigenvalue weighted by atomic mass is 35.5. The van der Waals surface area contributed by atoms with Crippen molar-refractivity contribution >= 4 is 17.4 Å². The molecule has 2 heterocycles. The minimum absolute atomic E-state index is 0.0931. The minimum Gasteiger partial charge on any atom is -0.386 e. The first kappa shape index (κ1) is 14.5. The SMILES string of the molecule is CC1COC2(N=C(N)C3(C#N)C(c4ccc(Cl)cc4)C23C#N)O1. The monoisotopic (exact) mass is 328 g/mol. The molecule has 1 aromatic carbocycles. The van der Waals surface area contributed by atoms with Gasteiger partial charge in [-0.3, -0.25) is 0 Å². The van der Waals surface area contributed by atoms with Crippen molar-refractivity contribution in [3.63, 3.8) is 0 Å². The van der Waals surface area contributed by atoms with E-state index in [1.54, 1.807) is 24.3 Å². The van der Waals surface area contributed by atoms with Crippen molar-refractivity contribution in [2.45, 2.75) is 24.9 Å². The molecule has 1 aromatic rings. The lowest BCUT2D eigenvalue weighted by atomic mass is 9.94. The van der Waals surface area contributed by atoms with Gasteiger partial charge in [0.2, 0.25) is 0 Å². The molecule has 2 N–H and O–H groups in total. The van der Waals surface area contributed by atoms with Crippen molar-refractivity contribution in [2.24, 2.45) is 21.6 Å². The van der Waals surface area contributed by atoms with Gasteiger partial charge in [-0.05, 0) is 24.6 Å². The van der Waals surface area contributed by atoms with Crippen LogP contribution in [0.15, 0.2) is 29.3 Å². The molecule has 23 heavy (non-hydrogen) atoms. The quantitative estimate of drug-likeness (QED) is 0.848. The van der Waals surface area contributed by atoms with Crippen molar-refractivity contribution in [3.8, 4) is 12.1 Å². The fourth-order valence-corrected chi connectivity index (χ4v) is 4.14. The van der Waals surface area contributed by atoms with Crippen LogP contribution in [0.2, 0.25) is 5.02 Å². The Kier molecular flexibility index (Phi) is 2.67. The van der Waals surface area contributed by atoms with Crippen LogP contribution < -0.4 is 5.73 Å². The number of halogens is 1. The maximum atomic E-state index is 9.96. The lowest BCUT2D eigenvalue weighted by Crippen LogP contribution is -2.39. The zero-order chi connectivity index (χ0) is 16.5. The van der Waals surface area contributed by atoms with Gasteiger partial charge in [0.25, 0.3) is 5.91 Å². The number of nitrogens with zero attached hydrogens (tertiary/aromatic N) is 3. The second kappa shape index (κ2) is 4.24. The van der Waals surface area contributed by atoms with E-state index in [-0.39, 0.29) is 11.9 Å². The number of hydrogen-bond donors (Lipinski definition) is 1. The topological polar surface area (TPSA) is 104 Å². The van der Waals surface area contributed by atoms with Crippen molar-refractivity contribution in [2.75, 3.05) is 6.61 Å². The minimum atomic E-state index is -1.51. The van der Waals surface area contributed by atoms with Gasteiger partial charge in [-0.15, -0.1) is 0 Å². The summed E-state index contributed by atoms with van der Waals surface area (Å²) in [6.45, 7) is 2.13. The Morgan fingerprint density at radius 3 is 2.52 bits per heavy atom. The van der Waals surface area contributed by atoms with E-state index >= 15 is 0 Å². The largest absolute Gasteiger partial charge is 0.386 e. The molecule has 2 aliphatic heterocycles. The molecule has 0 amide bonds. The van der Waals surface area contributed by atoms with Crippen LogP contribution in [0.1, 0.15) is 18.4 Å². The van der Waals surface area contributed by atoms with Gasteiger partial charge >= 0.3 is 0 Å². The lowest BCUT2D eigenvalue weighted by Gasteiger charge is -2.26. The molecule has 1 spiro atoms. The smallest absolute Gasteiger partial charge is 0.293 e. The molecule has 3 aliphatic rings. The first-order valence-electron chi connectivity index (χ1n) is 7.23. The number of ether oxygens (including phenoxy) is 2. The van der Waals surface area contributed by atoms with Crippen LogP contribution in [0.3, 0.4) is 0 Å². The Hall–Kier alpha value is -2.12. The van der Waals surface area contributed by atoms with Gasteiger partial charge in [-0.25, -0.2) is 4.99 Å². The van der Waals surface area contributed by atoms with E-state index in [0.717, 1.165) is 5.56 Å². The van der Waals surface area contributed by atoms with Gasteiger partial charge in [0, 0.05) is 10.9 Å². The molecule has 0 bridgehead atoms. The lowest BCUT2D eigenvalue weighted by molar-refractivity contribution is -0.193. The number of nitrogens with two attached hydrogens (primary N) is 1. The summed E-state index contributed by atoms with van der Waals surface area (Å²) >= 11 is 5.94. The van der Waals surface area contributed by atoms with E-state index in [2.05, 4.69) is 17.1 Å². The molecule has 5 atom stereocenters. The number of fused-ring (bicyclic) bond motifs is 2. The molecule has 1 aliphatic carbocycles. The normalized spacial score (nSPS) is 43.6. The summed E-state index contributed by atoms with van der Waals surface area (Å²) in [4.78, 5) is 4.26. The van der Waals surface area contributed by atoms with E-state index in [0.29, 0.717) is 11.6 Å². The van der Waals surface area contributed by atoms with Crippen LogP contribution >= 0.6 is 11.6 Å². The summed E-state index contributed by atoms with van der Waals surface area (Å²) < 4.78 is 11.6. The van der Waals surface area contributed by atoms with E-state index in [9.17, 15) is 10.5 Å². The van der Waals surface area contributed by atoms with Crippen LogP contribution in [-0.4, -0.2) is 24.5 Å². The fourth-order valence-electron chi connectivity index (χ4n) is 4.02. The predicted octanol–water partition coefficient (Wildman–Crippen LogP) is 1.92. The van der Waals surface area contributed by atoms with Crippen LogP contribution in [0.25, 0.3) is 0 Å². The van der Waals surface area contributed by atoms with E-state index in [4.69, 9.17) is 26.8 Å². The second-order valence-electron chi connectivity index (χ2n) is 6.14. The van der Waals surface area contributed by atoms with Crippen LogP contribution in [0.4, 0.5) is 0 Å². The average molecular weight is 329 g/mol. The van der Waals surface area contributed by atoms with Gasteiger partial charge in [-0.1, -0.05) is 23.7 Å². The second-order valence-corrected chi connectivity index (χ2v) is 6.58. The van der Waals surface area contributed by atoms with Gasteiger partial charge in [0.1, 0.15) is 11.3 Å². The van der Waals surface area contributed by atoms with Gasteiger partial charge < -0.3 is 15.2 Å². The van der Waals surface area contributed by atoms with Crippen molar-refractivity contribution in [3.05, 3.63) is 34.9 Å². The molecule has 7 heteroatoms. The summed E-state index contributed by atoms with van der Waals surface area (Å²) in [5.74, 6) is -1.88. The predicted molar refractivity (Wildman–Crippen MR) is 81.1 cm³/mol. The summed E-state index contributed by atoms with van der Waals surface area (Å²) in [5.41, 5.74) is 4.35. The van der Waals surface area contributed by atoms with Gasteiger partial charge in [-0.2, -0.15) is 10.5 Å². The van der Waals surface area contributed by atoms with Crippen molar-refractivity contribution in [1.29, 1.82) is 10.5 Å². The van der Waals surface area contributed by atoms with Crippen molar-refractivity contribution < 1.29 is 9.47 Å². The molecular formula is C16H13ClN4O2.